The third kappa shape index (κ3) is 3.41. The molecule has 110 valence electrons. The summed E-state index contributed by atoms with van der Waals surface area (Å²) in [7, 11) is 1.72. The van der Waals surface area contributed by atoms with Crippen molar-refractivity contribution in [3.05, 3.63) is 64.7 Å². The molecular formula is C17H20N2O2. The first-order chi connectivity index (χ1) is 10.0. The van der Waals surface area contributed by atoms with Gasteiger partial charge in [0.25, 0.3) is 5.91 Å². The molecule has 4 nitrogen and oxygen atoms in total. The number of phenolic OH excluding ortho intramolecular Hbond substituents is 1. The zero-order valence-electron chi connectivity index (χ0n) is 12.3. The zero-order valence-corrected chi connectivity index (χ0v) is 12.3. The van der Waals surface area contributed by atoms with E-state index >= 15 is 0 Å². The van der Waals surface area contributed by atoms with E-state index in [-0.39, 0.29) is 11.7 Å². The van der Waals surface area contributed by atoms with Crippen LogP contribution in [0.15, 0.2) is 42.5 Å². The third-order valence-electron chi connectivity index (χ3n) is 3.49. The molecule has 0 saturated carbocycles. The molecule has 2 aromatic carbocycles. The number of hydrogen-bond donors (Lipinski definition) is 2. The lowest BCUT2D eigenvalue weighted by Crippen LogP contribution is -2.26. The maximum Gasteiger partial charge on any atom is 0.257 e. The van der Waals surface area contributed by atoms with Gasteiger partial charge in [-0.3, -0.25) is 4.79 Å². The van der Waals surface area contributed by atoms with Crippen LogP contribution in [0.25, 0.3) is 0 Å². The van der Waals surface area contributed by atoms with E-state index in [0.29, 0.717) is 24.2 Å². The fraction of sp³-hybridized carbons (Fsp3) is 0.235. The quantitative estimate of drug-likeness (QED) is 0.906. The molecule has 2 rings (SSSR count). The lowest BCUT2D eigenvalue weighted by atomic mass is 10.1. The number of amides is 1. The maximum atomic E-state index is 12.4. The maximum absolute atomic E-state index is 12.4. The summed E-state index contributed by atoms with van der Waals surface area (Å²) in [5.74, 6) is -0.146. The molecule has 0 saturated heterocycles. The van der Waals surface area contributed by atoms with E-state index in [1.54, 1.807) is 37.1 Å². The Bertz CT molecular complexity index is 636. The number of hydrogen-bond acceptors (Lipinski definition) is 3. The summed E-state index contributed by atoms with van der Waals surface area (Å²) < 4.78 is 0. The van der Waals surface area contributed by atoms with E-state index in [2.05, 4.69) is 0 Å². The van der Waals surface area contributed by atoms with E-state index in [1.807, 2.05) is 24.3 Å². The minimum atomic E-state index is -0.195. The molecule has 0 bridgehead atoms. The van der Waals surface area contributed by atoms with Gasteiger partial charge >= 0.3 is 0 Å². The number of nitrogens with zero attached hydrogens (tertiary/aromatic N) is 1. The van der Waals surface area contributed by atoms with Crippen molar-refractivity contribution in [2.24, 2.45) is 5.73 Å². The summed E-state index contributed by atoms with van der Waals surface area (Å²) in [6, 6.07) is 13.0. The van der Waals surface area contributed by atoms with Crippen LogP contribution in [0.3, 0.4) is 0 Å². The number of carbonyl (C=O) groups excluding carboxylic acids is 1. The SMILES string of the molecule is Cc1cccc(C(=O)N(C)Cc2ccc(CN)cc2)c1O. The van der Waals surface area contributed by atoms with Crippen LogP contribution in [0.2, 0.25) is 0 Å². The van der Waals surface area contributed by atoms with Crippen molar-refractivity contribution < 1.29 is 9.90 Å². The van der Waals surface area contributed by atoms with Crippen LogP contribution >= 0.6 is 0 Å². The fourth-order valence-corrected chi connectivity index (χ4v) is 2.16. The molecule has 0 heterocycles. The average molecular weight is 284 g/mol. The number of rotatable bonds is 4. The van der Waals surface area contributed by atoms with Gasteiger partial charge < -0.3 is 15.7 Å². The van der Waals surface area contributed by atoms with E-state index < -0.39 is 0 Å². The Kier molecular flexibility index (Phi) is 4.60. The second kappa shape index (κ2) is 6.41. The number of nitrogens with two attached hydrogens (primary N) is 1. The van der Waals surface area contributed by atoms with Crippen molar-refractivity contribution in [1.82, 2.24) is 4.90 Å². The van der Waals surface area contributed by atoms with Crippen LogP contribution in [0.1, 0.15) is 27.0 Å². The van der Waals surface area contributed by atoms with Crippen LogP contribution in [-0.4, -0.2) is 23.0 Å². The molecule has 21 heavy (non-hydrogen) atoms. The second-order valence-electron chi connectivity index (χ2n) is 5.15. The average Bonchev–Trinajstić information content (AvgIpc) is 2.50. The van der Waals surface area contributed by atoms with Gasteiger partial charge in [-0.1, -0.05) is 36.4 Å². The van der Waals surface area contributed by atoms with Crippen molar-refractivity contribution in [1.29, 1.82) is 0 Å². The standard InChI is InChI=1S/C17H20N2O2/c1-12-4-3-5-15(16(12)20)17(21)19(2)11-14-8-6-13(10-18)7-9-14/h3-9,20H,10-11,18H2,1-2H3. The normalized spacial score (nSPS) is 10.4. The Hall–Kier alpha value is -2.33. The van der Waals surface area contributed by atoms with Gasteiger partial charge in [0.2, 0.25) is 0 Å². The van der Waals surface area contributed by atoms with Gasteiger partial charge in [0.1, 0.15) is 5.75 Å². The smallest absolute Gasteiger partial charge is 0.257 e. The molecule has 0 atom stereocenters. The van der Waals surface area contributed by atoms with Crippen molar-refractivity contribution in [3.63, 3.8) is 0 Å². The Balaban J connectivity index is 2.13. The monoisotopic (exact) mass is 284 g/mol. The molecule has 3 N–H and O–H groups in total. The Morgan fingerprint density at radius 2 is 1.76 bits per heavy atom. The molecule has 0 aliphatic carbocycles. The Morgan fingerprint density at radius 3 is 2.38 bits per heavy atom. The van der Waals surface area contributed by atoms with E-state index in [4.69, 9.17) is 5.73 Å². The molecule has 0 unspecified atom stereocenters. The molecular weight excluding hydrogens is 264 g/mol. The molecule has 0 aliphatic rings. The van der Waals surface area contributed by atoms with Crippen molar-refractivity contribution >= 4 is 5.91 Å². The van der Waals surface area contributed by atoms with Gasteiger partial charge in [-0.15, -0.1) is 0 Å². The predicted octanol–water partition coefficient (Wildman–Crippen LogP) is 2.43. The number of aryl methyl sites for hydroxylation is 1. The molecule has 0 fully saturated rings. The minimum Gasteiger partial charge on any atom is -0.507 e. The summed E-state index contributed by atoms with van der Waals surface area (Å²) in [6.07, 6.45) is 0. The number of para-hydroxylation sites is 1. The molecule has 1 amide bonds. The molecule has 0 radical (unpaired) electrons. The molecule has 0 aliphatic heterocycles. The highest BCUT2D eigenvalue weighted by atomic mass is 16.3. The first kappa shape index (κ1) is 15.1. The topological polar surface area (TPSA) is 66.6 Å². The van der Waals surface area contributed by atoms with Crippen molar-refractivity contribution in [2.45, 2.75) is 20.0 Å². The number of phenols is 1. The van der Waals surface area contributed by atoms with Crippen LogP contribution < -0.4 is 5.73 Å². The zero-order chi connectivity index (χ0) is 15.4. The lowest BCUT2D eigenvalue weighted by molar-refractivity contribution is 0.0782. The summed E-state index contributed by atoms with van der Waals surface area (Å²) >= 11 is 0. The summed E-state index contributed by atoms with van der Waals surface area (Å²) in [5, 5.41) is 9.99. The molecule has 0 spiro atoms. The van der Waals surface area contributed by atoms with Crippen LogP contribution in [-0.2, 0) is 13.1 Å². The molecule has 0 aromatic heterocycles. The predicted molar refractivity (Wildman–Crippen MR) is 83.0 cm³/mol. The van der Waals surface area contributed by atoms with Crippen molar-refractivity contribution in [3.8, 4) is 5.75 Å². The Morgan fingerprint density at radius 1 is 1.14 bits per heavy atom. The largest absolute Gasteiger partial charge is 0.507 e. The van der Waals surface area contributed by atoms with E-state index in [1.165, 1.54) is 0 Å². The van der Waals surface area contributed by atoms with Gasteiger partial charge in [-0.25, -0.2) is 0 Å². The fourth-order valence-electron chi connectivity index (χ4n) is 2.16. The second-order valence-corrected chi connectivity index (χ2v) is 5.15. The molecule has 2 aromatic rings. The van der Waals surface area contributed by atoms with Crippen molar-refractivity contribution in [2.75, 3.05) is 7.05 Å². The lowest BCUT2D eigenvalue weighted by Gasteiger charge is -2.18. The van der Waals surface area contributed by atoms with Crippen LogP contribution in [0, 0.1) is 6.92 Å². The van der Waals surface area contributed by atoms with Gasteiger partial charge in [0, 0.05) is 20.1 Å². The Labute approximate surface area is 124 Å². The number of aromatic hydroxyl groups is 1. The highest BCUT2D eigenvalue weighted by Gasteiger charge is 2.16. The summed E-state index contributed by atoms with van der Waals surface area (Å²) in [4.78, 5) is 14.0. The van der Waals surface area contributed by atoms with Crippen LogP contribution in [0.5, 0.6) is 5.75 Å². The van der Waals surface area contributed by atoms with Gasteiger partial charge in [0.05, 0.1) is 5.56 Å². The highest BCUT2D eigenvalue weighted by molar-refractivity contribution is 5.97. The highest BCUT2D eigenvalue weighted by Crippen LogP contribution is 2.23. The van der Waals surface area contributed by atoms with Gasteiger partial charge in [0.15, 0.2) is 0 Å². The minimum absolute atomic E-state index is 0.0489. The summed E-state index contributed by atoms with van der Waals surface area (Å²) in [5.41, 5.74) is 8.67. The molecule has 4 heteroatoms. The van der Waals surface area contributed by atoms with E-state index in [0.717, 1.165) is 11.1 Å². The third-order valence-corrected chi connectivity index (χ3v) is 3.49. The van der Waals surface area contributed by atoms with Gasteiger partial charge in [-0.2, -0.15) is 0 Å². The number of benzene rings is 2. The summed E-state index contributed by atoms with van der Waals surface area (Å²) in [6.45, 7) is 2.76. The first-order valence-corrected chi connectivity index (χ1v) is 6.85. The van der Waals surface area contributed by atoms with E-state index in [9.17, 15) is 9.90 Å². The first-order valence-electron chi connectivity index (χ1n) is 6.85. The number of carbonyl (C=O) groups is 1. The van der Waals surface area contributed by atoms with Crippen LogP contribution in [0.4, 0.5) is 0 Å². The van der Waals surface area contributed by atoms with Gasteiger partial charge in [-0.05, 0) is 29.7 Å².